The molecule has 0 saturated carbocycles. The van der Waals surface area contributed by atoms with E-state index in [0.717, 1.165) is 12.8 Å². The second kappa shape index (κ2) is 35.2. The van der Waals surface area contributed by atoms with Crippen molar-refractivity contribution in [2.45, 2.75) is 89.6 Å². The van der Waals surface area contributed by atoms with Gasteiger partial charge in [0.1, 0.15) is 5.60 Å². The Balaban J connectivity index is -0.0000000636. The van der Waals surface area contributed by atoms with Crippen molar-refractivity contribution in [1.82, 2.24) is 0 Å². The standard InChI is InChI=1S/C12H26O4S.C6H8O7.4Na.2H2O/c1-2-3-4-5-6-7-8-9-10-11-12-16-17(13,14)15;7-3(8)1-6(13,5(11)12)2-4(9)10;;;;;;/h2-12H2,1H3,(H,13,14,15);13H,1-2H2,(H,7,8)(H,9,10)(H,11,12);;;;;2*1H2/q;;4*+1;;/p-4. The third-order valence-electron chi connectivity index (χ3n) is 3.98. The number of carboxylic acids is 3. The van der Waals surface area contributed by atoms with Gasteiger partial charge in [-0.15, -0.1) is 0 Å². The molecule has 0 atom stereocenters. The quantitative estimate of drug-likeness (QED) is 0.0727. The van der Waals surface area contributed by atoms with Gasteiger partial charge in [0.25, 0.3) is 0 Å². The minimum absolute atomic E-state index is 0. The van der Waals surface area contributed by atoms with Crippen molar-refractivity contribution in [3.05, 3.63) is 0 Å². The Morgan fingerprint density at radius 1 is 0.722 bits per heavy atom. The minimum atomic E-state index is -4.48. The summed E-state index contributed by atoms with van der Waals surface area (Å²) < 4.78 is 34.5. The van der Waals surface area contributed by atoms with E-state index in [0.29, 0.717) is 6.42 Å². The van der Waals surface area contributed by atoms with Gasteiger partial charge in [-0.05, 0) is 6.42 Å². The van der Waals surface area contributed by atoms with E-state index in [9.17, 15) is 42.7 Å². The molecule has 0 rings (SSSR count). The number of carboxylic acid groups (broad SMARTS) is 3. The number of carbonyl (C=O) groups is 3. The number of hydrogen-bond acceptors (Lipinski definition) is 11. The normalized spacial score (nSPS) is 9.53. The molecule has 0 aliphatic rings. The van der Waals surface area contributed by atoms with E-state index in [1.165, 1.54) is 44.9 Å². The molecule has 0 unspecified atom stereocenters. The molecule has 0 fully saturated rings. The zero-order valence-corrected chi connectivity index (χ0v) is 30.9. The molecule has 13 nitrogen and oxygen atoms in total. The minimum Gasteiger partial charge on any atom is -0.726 e. The van der Waals surface area contributed by atoms with Crippen molar-refractivity contribution in [3.8, 4) is 0 Å². The second-order valence-corrected chi connectivity index (χ2v) is 7.88. The predicted molar refractivity (Wildman–Crippen MR) is 104 cm³/mol. The van der Waals surface area contributed by atoms with Gasteiger partial charge in [-0.2, -0.15) is 0 Å². The zero-order valence-electron chi connectivity index (χ0n) is 22.1. The van der Waals surface area contributed by atoms with Crippen molar-refractivity contribution < 1.29 is 181 Å². The summed E-state index contributed by atoms with van der Waals surface area (Å²) in [6.07, 6.45) is 8.98. The molecule has 0 radical (unpaired) electrons. The zero-order chi connectivity index (χ0) is 23.6. The largest absolute Gasteiger partial charge is 1.00 e. The van der Waals surface area contributed by atoms with Gasteiger partial charge in [0.15, 0.2) is 0 Å². The fourth-order valence-electron chi connectivity index (χ4n) is 2.43. The van der Waals surface area contributed by atoms with E-state index >= 15 is 0 Å². The van der Waals surface area contributed by atoms with Crippen LogP contribution in [0.25, 0.3) is 0 Å². The van der Waals surface area contributed by atoms with E-state index in [4.69, 9.17) is 5.11 Å². The molecular weight excluding hydrogens is 548 g/mol. The van der Waals surface area contributed by atoms with Gasteiger partial charge in [0, 0.05) is 24.8 Å². The molecule has 0 saturated heterocycles. The van der Waals surface area contributed by atoms with Crippen molar-refractivity contribution in [1.29, 1.82) is 0 Å². The van der Waals surface area contributed by atoms with Crippen molar-refractivity contribution >= 4 is 28.3 Å². The van der Waals surface area contributed by atoms with Crippen LogP contribution in [0.5, 0.6) is 0 Å². The molecule has 5 N–H and O–H groups in total. The van der Waals surface area contributed by atoms with Gasteiger partial charge in [0.2, 0.25) is 10.4 Å². The summed E-state index contributed by atoms with van der Waals surface area (Å²) in [6.45, 7) is 2.24. The average molecular weight is 582 g/mol. The Hall–Kier alpha value is 2.16. The maximum Gasteiger partial charge on any atom is 1.00 e. The molecule has 0 aromatic carbocycles. The van der Waals surface area contributed by atoms with E-state index in [1.807, 2.05) is 0 Å². The summed E-state index contributed by atoms with van der Waals surface area (Å²) in [5.41, 5.74) is -2.97. The average Bonchev–Trinajstić information content (AvgIpc) is 2.57. The van der Waals surface area contributed by atoms with Crippen LogP contribution in [0.2, 0.25) is 0 Å². The van der Waals surface area contributed by atoms with Gasteiger partial charge in [-0.3, -0.25) is 4.18 Å². The number of aliphatic carboxylic acids is 3. The van der Waals surface area contributed by atoms with Gasteiger partial charge >= 0.3 is 118 Å². The van der Waals surface area contributed by atoms with E-state index < -0.39 is 46.7 Å². The van der Waals surface area contributed by atoms with Crippen LogP contribution in [0.15, 0.2) is 0 Å². The molecule has 0 bridgehead atoms. The topological polar surface area (TPSA) is 270 Å². The van der Waals surface area contributed by atoms with Gasteiger partial charge in [-0.1, -0.05) is 64.7 Å². The third kappa shape index (κ3) is 43.2. The third-order valence-corrected chi connectivity index (χ3v) is 4.43. The Labute approximate surface area is 301 Å². The first-order valence-electron chi connectivity index (χ1n) is 9.78. The van der Waals surface area contributed by atoms with Crippen LogP contribution in [0.1, 0.15) is 84.0 Å². The molecule has 194 valence electrons. The summed E-state index contributed by atoms with van der Waals surface area (Å²) in [5, 5.41) is 38.9. The van der Waals surface area contributed by atoms with Crippen LogP contribution in [0.4, 0.5) is 0 Å². The Bertz CT molecular complexity index is 606. The van der Waals surface area contributed by atoms with Crippen LogP contribution in [0, 0.1) is 0 Å². The van der Waals surface area contributed by atoms with Crippen molar-refractivity contribution in [2.24, 2.45) is 0 Å². The van der Waals surface area contributed by atoms with E-state index in [2.05, 4.69) is 11.1 Å². The second-order valence-electron chi connectivity index (χ2n) is 6.83. The molecule has 0 amide bonds. The Kier molecular flexibility index (Phi) is 56.6. The van der Waals surface area contributed by atoms with Crippen LogP contribution >= 0.6 is 0 Å². The van der Waals surface area contributed by atoms with Crippen LogP contribution in [-0.4, -0.2) is 59.1 Å². The molecule has 0 aliphatic heterocycles. The van der Waals surface area contributed by atoms with Crippen LogP contribution < -0.4 is 134 Å². The number of aliphatic hydroxyl groups is 1. The monoisotopic (exact) mass is 582 g/mol. The molecule has 0 aromatic rings. The van der Waals surface area contributed by atoms with E-state index in [1.54, 1.807) is 0 Å². The van der Waals surface area contributed by atoms with E-state index in [-0.39, 0.29) is 136 Å². The maximum absolute atomic E-state index is 10.1. The summed E-state index contributed by atoms with van der Waals surface area (Å²) >= 11 is 0. The van der Waals surface area contributed by atoms with Crippen molar-refractivity contribution in [2.75, 3.05) is 6.61 Å². The fourth-order valence-corrected chi connectivity index (χ4v) is 2.76. The van der Waals surface area contributed by atoms with Gasteiger partial charge in [-0.25, -0.2) is 8.42 Å². The summed E-state index contributed by atoms with van der Waals surface area (Å²) in [4.78, 5) is 30.0. The first-order chi connectivity index (χ1) is 13.8. The molecule has 0 spiro atoms. The number of hydrogen-bond donors (Lipinski definition) is 1. The number of unbranched alkanes of at least 4 members (excludes halogenated alkanes) is 9. The Morgan fingerprint density at radius 3 is 1.28 bits per heavy atom. The molecule has 36 heavy (non-hydrogen) atoms. The maximum atomic E-state index is 10.1. The summed E-state index contributed by atoms with van der Waals surface area (Å²) in [7, 11) is -4.48. The molecule has 0 heterocycles. The van der Waals surface area contributed by atoms with Crippen LogP contribution in [-0.2, 0) is 29.0 Å². The first kappa shape index (κ1) is 57.9. The Morgan fingerprint density at radius 2 is 1.03 bits per heavy atom. The molecule has 0 aliphatic carbocycles. The summed E-state index contributed by atoms with van der Waals surface area (Å²) in [6, 6.07) is 0. The summed E-state index contributed by atoms with van der Waals surface area (Å²) in [5.74, 6) is -5.98. The van der Waals surface area contributed by atoms with Crippen molar-refractivity contribution in [3.63, 3.8) is 0 Å². The van der Waals surface area contributed by atoms with Gasteiger partial charge < -0.3 is 50.3 Å². The van der Waals surface area contributed by atoms with Crippen LogP contribution in [0.3, 0.4) is 0 Å². The number of rotatable bonds is 17. The molecular formula is C18H34Na4O13S. The number of carbonyl (C=O) groups excluding carboxylic acids is 3. The smallest absolute Gasteiger partial charge is 0.726 e. The van der Waals surface area contributed by atoms with Gasteiger partial charge in [0.05, 0.1) is 12.6 Å². The molecule has 0 aromatic heterocycles. The molecule has 18 heteroatoms. The fraction of sp³-hybridized carbons (Fsp3) is 0.833. The predicted octanol–water partition coefficient (Wildman–Crippen LogP) is -15.5. The first-order valence-corrected chi connectivity index (χ1v) is 11.1. The SMILES string of the molecule is CCCCCCCCCCCCOS(=O)(=O)[O-].O.O.O=C([O-])CC(O)(CC(=O)[O-])C(=O)[O-].[Na+].[Na+].[Na+].[Na+].